The van der Waals surface area contributed by atoms with Crippen molar-refractivity contribution in [3.8, 4) is 11.1 Å². The second kappa shape index (κ2) is 7.27. The van der Waals surface area contributed by atoms with Crippen LogP contribution in [0.4, 0.5) is 20.3 Å². The highest BCUT2D eigenvalue weighted by Gasteiger charge is 2.18. The first-order chi connectivity index (χ1) is 12.4. The summed E-state index contributed by atoms with van der Waals surface area (Å²) in [4.78, 5) is 15.1. The quantitative estimate of drug-likeness (QED) is 0.588. The molecule has 8 heteroatoms. The molecule has 0 aliphatic carbocycles. The Hall–Kier alpha value is -2.70. The van der Waals surface area contributed by atoms with Gasteiger partial charge in [0.2, 0.25) is 0 Å². The normalized spacial score (nSPS) is 10.6. The second-order valence-electron chi connectivity index (χ2n) is 5.27. The monoisotopic (exact) mass is 394 g/mol. The predicted molar refractivity (Wildman–Crippen MR) is 96.3 cm³/mol. The largest absolute Gasteiger partial charge is 0.478 e. The number of carboxylic acid groups (broad SMARTS) is 1. The summed E-state index contributed by atoms with van der Waals surface area (Å²) in [7, 11) is 0. The van der Waals surface area contributed by atoms with E-state index in [9.17, 15) is 18.7 Å². The van der Waals surface area contributed by atoms with Gasteiger partial charge in [-0.3, -0.25) is 0 Å². The van der Waals surface area contributed by atoms with Gasteiger partial charge >= 0.3 is 5.97 Å². The van der Waals surface area contributed by atoms with Gasteiger partial charge in [-0.05, 0) is 29.8 Å². The van der Waals surface area contributed by atoms with E-state index in [0.29, 0.717) is 10.6 Å². The molecule has 0 spiro atoms. The molecule has 0 amide bonds. The van der Waals surface area contributed by atoms with Crippen molar-refractivity contribution in [2.75, 3.05) is 5.32 Å². The topological polar surface area (TPSA) is 62.2 Å². The van der Waals surface area contributed by atoms with Crippen LogP contribution in [0.25, 0.3) is 11.1 Å². The molecule has 0 aliphatic rings. The molecule has 3 aromatic rings. The van der Waals surface area contributed by atoms with E-state index in [0.717, 1.165) is 18.2 Å². The van der Waals surface area contributed by atoms with Gasteiger partial charge in [-0.15, -0.1) is 0 Å². The van der Waals surface area contributed by atoms with Crippen LogP contribution in [0, 0.1) is 11.6 Å². The summed E-state index contributed by atoms with van der Waals surface area (Å²) in [5.41, 5.74) is -0.127. The van der Waals surface area contributed by atoms with E-state index in [2.05, 4.69) is 10.3 Å². The third kappa shape index (κ3) is 3.61. The average molecular weight is 395 g/mol. The number of hydrogen-bond acceptors (Lipinski definition) is 3. The number of carboxylic acids is 1. The first-order valence-corrected chi connectivity index (χ1v) is 8.02. The highest BCUT2D eigenvalue weighted by Crippen LogP contribution is 2.33. The van der Waals surface area contributed by atoms with E-state index in [1.54, 1.807) is 24.3 Å². The van der Waals surface area contributed by atoms with Crippen LogP contribution in [-0.4, -0.2) is 16.1 Å². The number of benzene rings is 2. The summed E-state index contributed by atoms with van der Waals surface area (Å²) in [5, 5.41) is 12.0. The van der Waals surface area contributed by atoms with E-state index < -0.39 is 23.3 Å². The summed E-state index contributed by atoms with van der Waals surface area (Å²) in [6, 6.07) is 9.97. The smallest absolute Gasteiger partial charge is 0.339 e. The lowest BCUT2D eigenvalue weighted by molar-refractivity contribution is 0.0697. The Labute approximate surface area is 157 Å². The van der Waals surface area contributed by atoms with Crippen LogP contribution < -0.4 is 5.32 Å². The number of anilines is 2. The first-order valence-electron chi connectivity index (χ1n) is 7.26. The van der Waals surface area contributed by atoms with Crippen molar-refractivity contribution in [2.24, 2.45) is 0 Å². The maximum atomic E-state index is 14.5. The van der Waals surface area contributed by atoms with Gasteiger partial charge in [-0.2, -0.15) is 0 Å². The molecule has 2 aromatic carbocycles. The molecule has 1 aromatic heterocycles. The summed E-state index contributed by atoms with van der Waals surface area (Å²) < 4.78 is 29.0. The predicted octanol–water partition coefficient (Wildman–Crippen LogP) is 5.78. The molecule has 26 heavy (non-hydrogen) atoms. The number of pyridine rings is 1. The maximum absolute atomic E-state index is 14.5. The first kappa shape index (κ1) is 18.1. The number of rotatable bonds is 4. The van der Waals surface area contributed by atoms with Gasteiger partial charge in [-0.1, -0.05) is 41.4 Å². The molecule has 0 radical (unpaired) electrons. The molecular formula is C18H10Cl2F2N2O2. The molecule has 0 unspecified atom stereocenters. The average Bonchev–Trinajstić information content (AvgIpc) is 2.59. The summed E-state index contributed by atoms with van der Waals surface area (Å²) in [5.74, 6) is -3.41. The number of nitrogens with zero attached hydrogens (tertiary/aromatic N) is 1. The summed E-state index contributed by atoms with van der Waals surface area (Å²) >= 11 is 11.8. The van der Waals surface area contributed by atoms with E-state index in [1.807, 2.05) is 0 Å². The fraction of sp³-hybridized carbons (Fsp3) is 0. The molecule has 0 atom stereocenters. The van der Waals surface area contributed by atoms with Crippen LogP contribution in [0.15, 0.2) is 48.7 Å². The Morgan fingerprint density at radius 3 is 2.35 bits per heavy atom. The van der Waals surface area contributed by atoms with Crippen molar-refractivity contribution in [3.63, 3.8) is 0 Å². The highest BCUT2D eigenvalue weighted by molar-refractivity contribution is 6.33. The van der Waals surface area contributed by atoms with E-state index >= 15 is 0 Å². The lowest BCUT2D eigenvalue weighted by atomic mass is 10.0. The van der Waals surface area contributed by atoms with Crippen LogP contribution >= 0.6 is 23.2 Å². The molecule has 132 valence electrons. The van der Waals surface area contributed by atoms with E-state index in [1.165, 1.54) is 6.20 Å². The van der Waals surface area contributed by atoms with Crippen molar-refractivity contribution >= 4 is 40.7 Å². The Balaban J connectivity index is 2.03. The fourth-order valence-electron chi connectivity index (χ4n) is 2.36. The highest BCUT2D eigenvalue weighted by atomic mass is 35.5. The van der Waals surface area contributed by atoms with E-state index in [4.69, 9.17) is 23.2 Å². The zero-order chi connectivity index (χ0) is 18.8. The van der Waals surface area contributed by atoms with Gasteiger partial charge < -0.3 is 10.4 Å². The van der Waals surface area contributed by atoms with Gasteiger partial charge in [0.25, 0.3) is 0 Å². The van der Waals surface area contributed by atoms with E-state index in [-0.39, 0.29) is 22.0 Å². The molecule has 0 saturated heterocycles. The van der Waals surface area contributed by atoms with Gasteiger partial charge in [0.15, 0.2) is 0 Å². The van der Waals surface area contributed by atoms with Crippen molar-refractivity contribution in [3.05, 3.63) is 75.9 Å². The molecule has 4 nitrogen and oxygen atoms in total. The van der Waals surface area contributed by atoms with Crippen LogP contribution in [0.3, 0.4) is 0 Å². The van der Waals surface area contributed by atoms with Crippen LogP contribution in [0.5, 0.6) is 0 Å². The minimum atomic E-state index is -1.34. The lowest BCUT2D eigenvalue weighted by Crippen LogP contribution is -2.07. The minimum absolute atomic E-state index is 0.0861. The Morgan fingerprint density at radius 2 is 1.73 bits per heavy atom. The maximum Gasteiger partial charge on any atom is 0.339 e. The van der Waals surface area contributed by atoms with Crippen molar-refractivity contribution in [1.82, 2.24) is 4.98 Å². The third-order valence-corrected chi connectivity index (χ3v) is 4.09. The number of carbonyl (C=O) groups is 1. The van der Waals surface area contributed by atoms with Crippen LogP contribution in [0.2, 0.25) is 10.0 Å². The molecule has 1 heterocycles. The molecular weight excluding hydrogens is 385 g/mol. The minimum Gasteiger partial charge on any atom is -0.478 e. The van der Waals surface area contributed by atoms with Gasteiger partial charge in [0, 0.05) is 16.8 Å². The number of hydrogen-bond donors (Lipinski definition) is 2. The molecule has 3 rings (SSSR count). The molecule has 0 saturated carbocycles. The van der Waals surface area contributed by atoms with Gasteiger partial charge in [-0.25, -0.2) is 18.6 Å². The van der Waals surface area contributed by atoms with Crippen molar-refractivity contribution in [1.29, 1.82) is 0 Å². The van der Waals surface area contributed by atoms with Crippen molar-refractivity contribution < 1.29 is 18.7 Å². The lowest BCUT2D eigenvalue weighted by Gasteiger charge is -2.12. The van der Waals surface area contributed by atoms with Crippen LogP contribution in [-0.2, 0) is 0 Å². The fourth-order valence-corrected chi connectivity index (χ4v) is 2.77. The third-order valence-electron chi connectivity index (χ3n) is 3.56. The van der Waals surface area contributed by atoms with Crippen LogP contribution in [0.1, 0.15) is 10.4 Å². The molecule has 0 fully saturated rings. The Kier molecular flexibility index (Phi) is 5.06. The van der Waals surface area contributed by atoms with Gasteiger partial charge in [0.1, 0.15) is 28.7 Å². The molecule has 0 aliphatic heterocycles. The number of nitrogens with one attached hydrogen (secondary N) is 1. The standard InChI is InChI=1S/C18H10Cl2F2N2O2/c19-10-7-12(18(25)26)17(23-8-10)24-16-14(21)5-9(6-15(16)22)11-3-1-2-4-13(11)20/h1-8H,(H,23,24)(H,25,26). The zero-order valence-corrected chi connectivity index (χ0v) is 14.4. The van der Waals surface area contributed by atoms with Gasteiger partial charge in [0.05, 0.1) is 5.02 Å². The SMILES string of the molecule is O=C(O)c1cc(Cl)cnc1Nc1c(F)cc(-c2ccccc2Cl)cc1F. The Morgan fingerprint density at radius 1 is 1.08 bits per heavy atom. The zero-order valence-electron chi connectivity index (χ0n) is 12.9. The summed E-state index contributed by atoms with van der Waals surface area (Å²) in [6.07, 6.45) is 1.17. The Bertz CT molecular complexity index is 989. The number of aromatic nitrogens is 1. The second-order valence-corrected chi connectivity index (χ2v) is 6.12. The number of halogens is 4. The van der Waals surface area contributed by atoms with Crippen molar-refractivity contribution in [2.45, 2.75) is 0 Å². The molecule has 2 N–H and O–H groups in total. The number of aromatic carboxylic acids is 1. The molecule has 0 bridgehead atoms. The summed E-state index contributed by atoms with van der Waals surface area (Å²) in [6.45, 7) is 0.